The molecular formula is C53H86O21. The van der Waals surface area contributed by atoms with Gasteiger partial charge in [0.05, 0.1) is 37.4 Å². The van der Waals surface area contributed by atoms with E-state index < -0.39 is 153 Å². The van der Waals surface area contributed by atoms with Gasteiger partial charge >= 0.3 is 5.97 Å². The van der Waals surface area contributed by atoms with Crippen molar-refractivity contribution in [1.29, 1.82) is 0 Å². The average Bonchev–Trinajstić information content (AvgIpc) is 3.35. The Kier molecular flexibility index (Phi) is 15.8. The summed E-state index contributed by atoms with van der Waals surface area (Å²) < 4.78 is 48.6. The van der Waals surface area contributed by atoms with E-state index in [9.17, 15) is 66.1 Å². The lowest BCUT2D eigenvalue weighted by molar-refractivity contribution is -0.380. The predicted octanol–water partition coefficient (Wildman–Crippen LogP) is -0.369. The number of carbonyl (C=O) groups is 1. The summed E-state index contributed by atoms with van der Waals surface area (Å²) >= 11 is 0. The normalized spacial score (nSPS) is 54.1. The molecule has 4 saturated heterocycles. The van der Waals surface area contributed by atoms with Crippen LogP contribution in [0.4, 0.5) is 0 Å². The van der Waals surface area contributed by atoms with E-state index in [0.29, 0.717) is 19.3 Å². The van der Waals surface area contributed by atoms with Gasteiger partial charge < -0.3 is 99.2 Å². The molecule has 9 rings (SSSR count). The maximum absolute atomic E-state index is 14.8. The number of rotatable bonds is 10. The first-order valence-electron chi connectivity index (χ1n) is 27.1. The molecule has 424 valence electrons. The van der Waals surface area contributed by atoms with Gasteiger partial charge in [-0.1, -0.05) is 60.1 Å². The number of aliphatic hydroxyl groups is 12. The molecule has 0 aromatic rings. The highest BCUT2D eigenvalue weighted by Crippen LogP contribution is 2.76. The molecule has 9 aliphatic rings. The third-order valence-corrected chi connectivity index (χ3v) is 21.0. The van der Waals surface area contributed by atoms with Crippen LogP contribution in [0.25, 0.3) is 0 Å². The molecule has 21 nitrogen and oxygen atoms in total. The van der Waals surface area contributed by atoms with E-state index in [1.165, 1.54) is 12.5 Å². The maximum Gasteiger partial charge on any atom is 0.315 e. The second-order valence-corrected chi connectivity index (χ2v) is 25.8. The van der Waals surface area contributed by atoms with Gasteiger partial charge in [0.2, 0.25) is 6.29 Å². The molecule has 74 heavy (non-hydrogen) atoms. The Labute approximate surface area is 433 Å². The van der Waals surface area contributed by atoms with E-state index in [1.807, 2.05) is 0 Å². The van der Waals surface area contributed by atoms with Crippen molar-refractivity contribution in [3.63, 3.8) is 0 Å². The van der Waals surface area contributed by atoms with Gasteiger partial charge in [-0.15, -0.1) is 0 Å². The quantitative estimate of drug-likeness (QED) is 0.0755. The maximum atomic E-state index is 14.8. The zero-order valence-electron chi connectivity index (χ0n) is 44.1. The summed E-state index contributed by atoms with van der Waals surface area (Å²) in [5.41, 5.74) is -0.843. The molecule has 0 spiro atoms. The van der Waals surface area contributed by atoms with Crippen molar-refractivity contribution in [2.45, 2.75) is 242 Å². The van der Waals surface area contributed by atoms with Crippen molar-refractivity contribution in [2.24, 2.45) is 50.2 Å². The molecule has 4 heterocycles. The number of esters is 1. The molecule has 0 aromatic carbocycles. The SMILES string of the molecule is C[C@@H]1O[C@@H](O[C@H]2[C@H](O[C@H]3CC[C@@]4(C)C(CC[C@]5(C)C4CC=C4C6CC(C)(C)CC[C@]6(C(=O)O[C@@H]6O[C@H](CO)[C@@H](O)[C@H](O)[C@H]6O)CC[C@]45C)C3(C)C)OC[C@H](O[C@@H]3O[C@H](CO)[C@@H](O)[C@H](O)[C@H]3O)[C@@H]2O)[C@H](O)[C@H](O)[C@H]1O. The Hall–Kier alpha value is -1.55. The largest absolute Gasteiger partial charge is 0.432 e. The first kappa shape index (κ1) is 57.1. The van der Waals surface area contributed by atoms with Crippen molar-refractivity contribution in [3.8, 4) is 0 Å². The number of hydrogen-bond acceptors (Lipinski definition) is 21. The zero-order chi connectivity index (χ0) is 54.0. The first-order valence-corrected chi connectivity index (χ1v) is 27.1. The molecule has 4 saturated carbocycles. The van der Waals surface area contributed by atoms with Crippen LogP contribution in [-0.2, 0) is 42.7 Å². The fraction of sp³-hybridized carbons (Fsp3) is 0.943. The summed E-state index contributed by atoms with van der Waals surface area (Å²) in [6.45, 7) is 15.9. The predicted molar refractivity (Wildman–Crippen MR) is 255 cm³/mol. The van der Waals surface area contributed by atoms with E-state index in [1.54, 1.807) is 0 Å². The lowest BCUT2D eigenvalue weighted by Gasteiger charge is -2.71. The van der Waals surface area contributed by atoms with Crippen LogP contribution in [0.3, 0.4) is 0 Å². The molecule has 0 amide bonds. The van der Waals surface area contributed by atoms with Crippen molar-refractivity contribution < 1.29 is 104 Å². The van der Waals surface area contributed by atoms with Crippen LogP contribution in [0, 0.1) is 50.2 Å². The van der Waals surface area contributed by atoms with Crippen LogP contribution in [0.2, 0.25) is 0 Å². The van der Waals surface area contributed by atoms with E-state index in [2.05, 4.69) is 54.5 Å². The number of carbonyl (C=O) groups excluding carboxylic acids is 1. The number of ether oxygens (including phenoxy) is 8. The van der Waals surface area contributed by atoms with Crippen molar-refractivity contribution >= 4 is 5.97 Å². The van der Waals surface area contributed by atoms with Crippen LogP contribution in [0.1, 0.15) is 120 Å². The summed E-state index contributed by atoms with van der Waals surface area (Å²) in [6.07, 6.45) is -19.6. The lowest BCUT2D eigenvalue weighted by atomic mass is 9.33. The number of allylic oxidation sites excluding steroid dienone is 2. The van der Waals surface area contributed by atoms with E-state index >= 15 is 0 Å². The average molecular weight is 1060 g/mol. The molecular weight excluding hydrogens is 973 g/mol. The first-order chi connectivity index (χ1) is 34.6. The summed E-state index contributed by atoms with van der Waals surface area (Å²) in [5.74, 6) is -0.274. The highest BCUT2D eigenvalue weighted by atomic mass is 16.8. The molecule has 4 aliphatic heterocycles. The van der Waals surface area contributed by atoms with E-state index in [4.69, 9.17) is 37.9 Å². The summed E-state index contributed by atoms with van der Waals surface area (Å²) in [6, 6.07) is 0. The molecule has 21 heteroatoms. The van der Waals surface area contributed by atoms with Gasteiger partial charge in [0, 0.05) is 0 Å². The Balaban J connectivity index is 0.953. The monoisotopic (exact) mass is 1060 g/mol. The van der Waals surface area contributed by atoms with Crippen LogP contribution in [0.15, 0.2) is 11.6 Å². The zero-order valence-corrected chi connectivity index (χ0v) is 44.1. The molecule has 0 bridgehead atoms. The van der Waals surface area contributed by atoms with Crippen LogP contribution in [-0.4, -0.2) is 210 Å². The highest BCUT2D eigenvalue weighted by molar-refractivity contribution is 5.79. The minimum atomic E-state index is -1.78. The highest BCUT2D eigenvalue weighted by Gasteiger charge is 2.70. The van der Waals surface area contributed by atoms with Crippen LogP contribution < -0.4 is 0 Å². The minimum absolute atomic E-state index is 0.0771. The molecule has 27 atom stereocenters. The minimum Gasteiger partial charge on any atom is -0.432 e. The Morgan fingerprint density at radius 1 is 0.608 bits per heavy atom. The van der Waals surface area contributed by atoms with Crippen molar-refractivity contribution in [1.82, 2.24) is 0 Å². The fourth-order valence-corrected chi connectivity index (χ4v) is 16.1. The number of aliphatic hydroxyl groups excluding tert-OH is 12. The summed E-state index contributed by atoms with van der Waals surface area (Å²) in [4.78, 5) is 14.8. The molecule has 5 aliphatic carbocycles. The third-order valence-electron chi connectivity index (χ3n) is 21.0. The smallest absolute Gasteiger partial charge is 0.315 e. The Bertz CT molecular complexity index is 2040. The standard InChI is InChI=1S/C53H86O21/c1-23-32(56)36(60)39(63)43(68-23)73-42-35(59)28(71-44-40(64)37(61)33(57)26(20-54)69-44)22-67-46(42)72-31-12-13-50(6)29(49(31,4)5)11-14-52(8)30(50)10-9-24-25-19-48(2,3)15-17-53(25,18-16-51(24,52)7)47(66)74-45-41(65)38(62)34(58)27(21-55)70-45/h9,23,25-46,54-65H,10-22H2,1-8H3/t23-,25?,26+,27+,28-,29?,30?,31-,32-,33+,34+,35-,36+,37-,38-,39+,40+,41+,42+,43-,44-,45-,46-,50-,51+,52+,53-/m0/s1. The molecule has 0 radical (unpaired) electrons. The Morgan fingerprint density at radius 2 is 1.19 bits per heavy atom. The van der Waals surface area contributed by atoms with Crippen molar-refractivity contribution in [3.05, 3.63) is 11.6 Å². The summed E-state index contributed by atoms with van der Waals surface area (Å²) in [5, 5.41) is 127. The topological polar surface area (TPSA) is 334 Å². The van der Waals surface area contributed by atoms with Gasteiger partial charge in [0.15, 0.2) is 18.9 Å². The van der Waals surface area contributed by atoms with Crippen LogP contribution >= 0.6 is 0 Å². The molecule has 12 N–H and O–H groups in total. The second-order valence-electron chi connectivity index (χ2n) is 25.8. The van der Waals surface area contributed by atoms with Gasteiger partial charge in [-0.2, -0.15) is 0 Å². The fourth-order valence-electron chi connectivity index (χ4n) is 16.1. The number of hydrogen-bond donors (Lipinski definition) is 12. The third kappa shape index (κ3) is 9.17. The van der Waals surface area contributed by atoms with Gasteiger partial charge in [-0.05, 0) is 116 Å². The summed E-state index contributed by atoms with van der Waals surface area (Å²) in [7, 11) is 0. The van der Waals surface area contributed by atoms with Crippen molar-refractivity contribution in [2.75, 3.05) is 19.8 Å². The van der Waals surface area contributed by atoms with Gasteiger partial charge in [0.25, 0.3) is 0 Å². The lowest BCUT2D eigenvalue weighted by Crippen LogP contribution is -2.66. The number of fused-ring (bicyclic) bond motifs is 7. The van der Waals surface area contributed by atoms with Gasteiger partial charge in [-0.3, -0.25) is 4.79 Å². The Morgan fingerprint density at radius 3 is 1.82 bits per heavy atom. The van der Waals surface area contributed by atoms with Crippen LogP contribution in [0.5, 0.6) is 0 Å². The second kappa shape index (κ2) is 20.5. The van der Waals surface area contributed by atoms with E-state index in [0.717, 1.165) is 44.9 Å². The molecule has 3 unspecified atom stereocenters. The van der Waals surface area contributed by atoms with Gasteiger partial charge in [-0.25, -0.2) is 0 Å². The van der Waals surface area contributed by atoms with E-state index in [-0.39, 0.29) is 46.0 Å². The molecule has 0 aromatic heterocycles. The molecule has 8 fully saturated rings. The van der Waals surface area contributed by atoms with Gasteiger partial charge in [0.1, 0.15) is 85.5 Å².